The largest absolute Gasteiger partial charge is 0.324 e. The van der Waals surface area contributed by atoms with Gasteiger partial charge in [-0.15, -0.1) is 0 Å². The average Bonchev–Trinajstić information content (AvgIpc) is 2.67. The average molecular weight is 380 g/mol. The van der Waals surface area contributed by atoms with Crippen LogP contribution in [-0.2, 0) is 4.57 Å². The van der Waals surface area contributed by atoms with E-state index < -0.39 is 15.4 Å². The molecule has 0 aliphatic rings. The minimum atomic E-state index is -2.93. The van der Waals surface area contributed by atoms with Crippen molar-refractivity contribution in [1.82, 2.24) is 4.98 Å². The first-order chi connectivity index (χ1) is 12.4. The highest BCUT2D eigenvalue weighted by Gasteiger charge is 2.39. The van der Waals surface area contributed by atoms with Crippen LogP contribution in [0.4, 0.5) is 0 Å². The number of hydrogen-bond acceptors (Lipinski definition) is 2. The highest BCUT2D eigenvalue weighted by Crippen LogP contribution is 2.56. The van der Waals surface area contributed by atoms with Crippen LogP contribution in [0.1, 0.15) is 11.3 Å². The van der Waals surface area contributed by atoms with E-state index in [-0.39, 0.29) is 5.78 Å². The summed E-state index contributed by atoms with van der Waals surface area (Å²) < 4.78 is 14.8. The molecule has 0 fully saturated rings. The van der Waals surface area contributed by atoms with Crippen molar-refractivity contribution in [2.24, 2.45) is 0 Å². The Kier molecular flexibility index (Phi) is 5.62. The molecule has 1 N–H and O–H groups in total. The summed E-state index contributed by atoms with van der Waals surface area (Å²) in [6.45, 7) is 6.76. The van der Waals surface area contributed by atoms with Gasteiger partial charge in [0.05, 0.1) is 5.78 Å². The van der Waals surface area contributed by atoms with E-state index in [0.29, 0.717) is 0 Å². The Morgan fingerprint density at radius 3 is 1.46 bits per heavy atom. The van der Waals surface area contributed by atoms with E-state index in [1.54, 1.807) is 0 Å². The molecule has 0 aliphatic heterocycles. The molecule has 0 aromatic heterocycles. The molecule has 1 unspecified atom stereocenters. The number of rotatable bonds is 6. The van der Waals surface area contributed by atoms with Crippen molar-refractivity contribution in [2.75, 3.05) is 0 Å². The summed E-state index contributed by atoms with van der Waals surface area (Å²) in [5, 5.41) is 1.79. The summed E-state index contributed by atoms with van der Waals surface area (Å²) >= 11 is 0. The summed E-state index contributed by atoms with van der Waals surface area (Å²) in [6, 6.07) is 30.0. The van der Waals surface area contributed by atoms with Crippen molar-refractivity contribution in [3.8, 4) is 0 Å². The molecular weight excluding hydrogens is 353 g/mol. The molecule has 0 saturated carbocycles. The van der Waals surface area contributed by atoms with E-state index in [1.807, 2.05) is 78.9 Å². The molecule has 0 radical (unpaired) electrons. The topological polar surface area (TPSA) is 29.1 Å². The van der Waals surface area contributed by atoms with Crippen LogP contribution in [0.5, 0.6) is 0 Å². The maximum absolute atomic E-state index is 14.8. The summed E-state index contributed by atoms with van der Waals surface area (Å²) in [5.41, 5.74) is 1.07. The molecular formula is C22H26NOPSi. The standard InChI is InChI=1S/C22H26NOPSi/c1-26(2,3)23-22(19-13-7-4-8-14-19)25(24,20-15-9-5-10-16-20)21-17-11-6-12-18-21/h4-18,22-23H,1-3H3. The summed E-state index contributed by atoms with van der Waals surface area (Å²) in [7, 11) is -4.63. The second kappa shape index (κ2) is 7.75. The fourth-order valence-electron chi connectivity index (χ4n) is 3.18. The maximum atomic E-state index is 14.8. The molecule has 0 saturated heterocycles. The van der Waals surface area contributed by atoms with Gasteiger partial charge in [-0.05, 0) is 5.56 Å². The van der Waals surface area contributed by atoms with Crippen molar-refractivity contribution in [2.45, 2.75) is 25.4 Å². The molecule has 0 heterocycles. The third kappa shape index (κ3) is 4.07. The van der Waals surface area contributed by atoms with Crippen LogP contribution in [0, 0.1) is 0 Å². The molecule has 3 aromatic carbocycles. The van der Waals surface area contributed by atoms with Crippen molar-refractivity contribution in [3.05, 3.63) is 96.6 Å². The molecule has 0 bridgehead atoms. The highest BCUT2D eigenvalue weighted by molar-refractivity contribution is 7.79. The number of benzene rings is 3. The van der Waals surface area contributed by atoms with Gasteiger partial charge in [0.1, 0.15) is 8.24 Å². The zero-order valence-electron chi connectivity index (χ0n) is 15.6. The minimum absolute atomic E-state index is 0.236. The van der Waals surface area contributed by atoms with E-state index in [4.69, 9.17) is 0 Å². The van der Waals surface area contributed by atoms with E-state index in [0.717, 1.165) is 16.2 Å². The summed E-state index contributed by atoms with van der Waals surface area (Å²) in [4.78, 5) is 3.79. The monoisotopic (exact) mass is 379 g/mol. The molecule has 26 heavy (non-hydrogen) atoms. The lowest BCUT2D eigenvalue weighted by Gasteiger charge is -2.34. The zero-order valence-corrected chi connectivity index (χ0v) is 17.5. The minimum Gasteiger partial charge on any atom is -0.324 e. The third-order valence-electron chi connectivity index (χ3n) is 4.33. The Balaban J connectivity index is 2.25. The third-order valence-corrected chi connectivity index (χ3v) is 9.01. The van der Waals surface area contributed by atoms with E-state index >= 15 is 0 Å². The Bertz CT molecular complexity index is 833. The number of nitrogens with one attached hydrogen (secondary N) is 1. The quantitative estimate of drug-likeness (QED) is 0.475. The van der Waals surface area contributed by atoms with Crippen LogP contribution in [0.2, 0.25) is 19.6 Å². The van der Waals surface area contributed by atoms with Crippen LogP contribution in [0.25, 0.3) is 0 Å². The first-order valence-corrected chi connectivity index (χ1v) is 14.2. The van der Waals surface area contributed by atoms with Gasteiger partial charge in [-0.3, -0.25) is 0 Å². The van der Waals surface area contributed by atoms with Gasteiger partial charge in [-0.25, -0.2) is 0 Å². The van der Waals surface area contributed by atoms with Crippen LogP contribution in [0.15, 0.2) is 91.0 Å². The van der Waals surface area contributed by atoms with Crippen molar-refractivity contribution in [1.29, 1.82) is 0 Å². The predicted molar refractivity (Wildman–Crippen MR) is 115 cm³/mol. The molecule has 0 spiro atoms. The fraction of sp³-hybridized carbons (Fsp3) is 0.182. The molecule has 2 nitrogen and oxygen atoms in total. The van der Waals surface area contributed by atoms with Crippen molar-refractivity contribution < 1.29 is 4.57 Å². The lowest BCUT2D eigenvalue weighted by Crippen LogP contribution is -2.45. The predicted octanol–water partition coefficient (Wildman–Crippen LogP) is 5.12. The second-order valence-corrected chi connectivity index (χ2v) is 15.2. The van der Waals surface area contributed by atoms with Crippen molar-refractivity contribution >= 4 is 26.0 Å². The Morgan fingerprint density at radius 2 is 1.08 bits per heavy atom. The summed E-state index contributed by atoms with van der Waals surface area (Å²) in [5.74, 6) is -0.236. The molecule has 134 valence electrons. The Labute approximate surface area is 157 Å². The van der Waals surface area contributed by atoms with Gasteiger partial charge in [0.2, 0.25) is 0 Å². The molecule has 0 aliphatic carbocycles. The Hall–Kier alpha value is -1.93. The second-order valence-electron chi connectivity index (χ2n) is 7.54. The number of hydrogen-bond donors (Lipinski definition) is 1. The van der Waals surface area contributed by atoms with Gasteiger partial charge < -0.3 is 9.55 Å². The van der Waals surface area contributed by atoms with Crippen LogP contribution in [-0.4, -0.2) is 8.24 Å². The first-order valence-electron chi connectivity index (χ1n) is 8.95. The Morgan fingerprint density at radius 1 is 0.692 bits per heavy atom. The van der Waals surface area contributed by atoms with Gasteiger partial charge in [0.15, 0.2) is 7.14 Å². The van der Waals surface area contributed by atoms with E-state index in [9.17, 15) is 4.57 Å². The van der Waals surface area contributed by atoms with E-state index in [1.165, 1.54) is 0 Å². The van der Waals surface area contributed by atoms with Gasteiger partial charge in [0, 0.05) is 10.6 Å². The lowest BCUT2D eigenvalue weighted by molar-refractivity contribution is 0.575. The SMILES string of the molecule is C[Si](C)(C)NC(c1ccccc1)P(=O)(c1ccccc1)c1ccccc1. The maximum Gasteiger partial charge on any atom is 0.163 e. The zero-order chi connectivity index (χ0) is 18.6. The fourth-order valence-corrected chi connectivity index (χ4v) is 8.77. The van der Waals surface area contributed by atoms with Crippen LogP contribution in [0.3, 0.4) is 0 Å². The normalized spacial score (nSPS) is 13.3. The van der Waals surface area contributed by atoms with Crippen LogP contribution >= 0.6 is 7.14 Å². The molecule has 0 amide bonds. The van der Waals surface area contributed by atoms with Gasteiger partial charge in [0.25, 0.3) is 0 Å². The van der Waals surface area contributed by atoms with Crippen LogP contribution < -0.4 is 15.6 Å². The van der Waals surface area contributed by atoms with Gasteiger partial charge in [-0.2, -0.15) is 0 Å². The highest BCUT2D eigenvalue weighted by atomic mass is 31.2. The molecule has 3 rings (SSSR count). The summed E-state index contributed by atoms with van der Waals surface area (Å²) in [6.07, 6.45) is 0. The van der Waals surface area contributed by atoms with E-state index in [2.05, 4.69) is 36.8 Å². The molecule has 3 aromatic rings. The smallest absolute Gasteiger partial charge is 0.163 e. The van der Waals surface area contributed by atoms with Crippen molar-refractivity contribution in [3.63, 3.8) is 0 Å². The lowest BCUT2D eigenvalue weighted by atomic mass is 10.2. The van der Waals surface area contributed by atoms with Gasteiger partial charge >= 0.3 is 0 Å². The first kappa shape index (κ1) is 18.8. The molecule has 4 heteroatoms. The molecule has 1 atom stereocenters. The van der Waals surface area contributed by atoms with Gasteiger partial charge in [-0.1, -0.05) is 111 Å².